The van der Waals surface area contributed by atoms with Gasteiger partial charge in [-0.05, 0) is 44.2 Å². The fourth-order valence-corrected chi connectivity index (χ4v) is 3.08. The zero-order chi connectivity index (χ0) is 14.5. The zero-order valence-electron chi connectivity index (χ0n) is 13.5. The van der Waals surface area contributed by atoms with Crippen molar-refractivity contribution in [2.45, 2.75) is 53.9 Å². The van der Waals surface area contributed by atoms with Crippen LogP contribution in [0.15, 0.2) is 0 Å². The van der Waals surface area contributed by atoms with Gasteiger partial charge in [0.15, 0.2) is 0 Å². The minimum atomic E-state index is -0.102. The number of nitrogens with zero attached hydrogens (tertiary/aromatic N) is 1. The fraction of sp³-hybridized carbons (Fsp3) is 0.938. The van der Waals surface area contributed by atoms with Crippen LogP contribution in [0.2, 0.25) is 0 Å². The maximum atomic E-state index is 13.0. The Morgan fingerprint density at radius 3 is 1.95 bits per heavy atom. The van der Waals surface area contributed by atoms with Gasteiger partial charge in [0.1, 0.15) is 0 Å². The van der Waals surface area contributed by atoms with E-state index in [1.165, 1.54) is 0 Å². The highest BCUT2D eigenvalue weighted by atomic mass is 16.2. The van der Waals surface area contributed by atoms with Crippen LogP contribution in [0, 0.1) is 17.3 Å². The maximum absolute atomic E-state index is 13.0. The number of amides is 1. The molecule has 1 fully saturated rings. The van der Waals surface area contributed by atoms with E-state index in [0.717, 1.165) is 45.4 Å². The predicted octanol–water partition coefficient (Wildman–Crippen LogP) is 2.91. The van der Waals surface area contributed by atoms with Gasteiger partial charge in [0.25, 0.3) is 0 Å². The van der Waals surface area contributed by atoms with E-state index in [0.29, 0.717) is 17.7 Å². The second-order valence-corrected chi connectivity index (χ2v) is 6.88. The maximum Gasteiger partial charge on any atom is 0.228 e. The molecule has 0 unspecified atom stereocenters. The summed E-state index contributed by atoms with van der Waals surface area (Å²) < 4.78 is 0. The first-order valence-corrected chi connectivity index (χ1v) is 7.91. The van der Waals surface area contributed by atoms with Crippen LogP contribution in [0.5, 0.6) is 0 Å². The van der Waals surface area contributed by atoms with E-state index >= 15 is 0 Å². The van der Waals surface area contributed by atoms with Gasteiger partial charge in [-0.1, -0.05) is 34.6 Å². The Kier molecular flexibility index (Phi) is 6.31. The van der Waals surface area contributed by atoms with Crippen LogP contribution in [0.1, 0.15) is 53.9 Å². The Bertz CT molecular complexity index is 270. The molecule has 3 heteroatoms. The molecular weight excluding hydrogens is 236 g/mol. The molecule has 1 saturated heterocycles. The molecule has 1 aliphatic rings. The average Bonchev–Trinajstić information content (AvgIpc) is 2.36. The lowest BCUT2D eigenvalue weighted by molar-refractivity contribution is -0.145. The normalized spacial score (nSPS) is 18.9. The molecule has 0 spiro atoms. The second kappa shape index (κ2) is 7.28. The number of carbonyl (C=O) groups excluding carboxylic acids is 1. The molecule has 3 nitrogen and oxygen atoms in total. The van der Waals surface area contributed by atoms with Crippen molar-refractivity contribution in [2.75, 3.05) is 26.2 Å². The average molecular weight is 268 g/mol. The summed E-state index contributed by atoms with van der Waals surface area (Å²) in [4.78, 5) is 15.1. The van der Waals surface area contributed by atoms with Gasteiger partial charge in [-0.15, -0.1) is 0 Å². The third kappa shape index (κ3) is 4.48. The van der Waals surface area contributed by atoms with Crippen LogP contribution in [0.25, 0.3) is 0 Å². The Morgan fingerprint density at radius 1 is 1.11 bits per heavy atom. The standard InChI is InChI=1S/C16H32N2O/c1-6-16(7-9-17-10-8-16)15(19)18(11-13(2)3)12-14(4)5/h13-14,17H,6-12H2,1-5H3. The van der Waals surface area contributed by atoms with Gasteiger partial charge in [-0.25, -0.2) is 0 Å². The summed E-state index contributed by atoms with van der Waals surface area (Å²) in [5, 5.41) is 3.38. The summed E-state index contributed by atoms with van der Waals surface area (Å²) >= 11 is 0. The number of rotatable bonds is 6. The third-order valence-corrected chi connectivity index (χ3v) is 4.15. The van der Waals surface area contributed by atoms with Crippen molar-refractivity contribution in [3.63, 3.8) is 0 Å². The van der Waals surface area contributed by atoms with Crippen molar-refractivity contribution in [2.24, 2.45) is 17.3 Å². The molecule has 0 radical (unpaired) electrons. The topological polar surface area (TPSA) is 32.3 Å². The van der Waals surface area contributed by atoms with E-state index in [4.69, 9.17) is 0 Å². The van der Waals surface area contributed by atoms with E-state index in [1.807, 2.05) is 0 Å². The van der Waals surface area contributed by atoms with Crippen molar-refractivity contribution in [1.29, 1.82) is 0 Å². The third-order valence-electron chi connectivity index (χ3n) is 4.15. The van der Waals surface area contributed by atoms with Gasteiger partial charge < -0.3 is 10.2 Å². The molecule has 112 valence electrons. The Balaban J connectivity index is 2.82. The Labute approximate surface area is 119 Å². The SMILES string of the molecule is CCC1(C(=O)N(CC(C)C)CC(C)C)CCNCC1. The van der Waals surface area contributed by atoms with Gasteiger partial charge in [0.2, 0.25) is 5.91 Å². The van der Waals surface area contributed by atoms with Gasteiger partial charge in [-0.2, -0.15) is 0 Å². The van der Waals surface area contributed by atoms with Crippen molar-refractivity contribution in [3.05, 3.63) is 0 Å². The molecule has 0 atom stereocenters. The summed E-state index contributed by atoms with van der Waals surface area (Å²) in [7, 11) is 0. The monoisotopic (exact) mass is 268 g/mol. The van der Waals surface area contributed by atoms with Gasteiger partial charge >= 0.3 is 0 Å². The molecule has 19 heavy (non-hydrogen) atoms. The molecule has 1 heterocycles. The lowest BCUT2D eigenvalue weighted by Gasteiger charge is -2.40. The summed E-state index contributed by atoms with van der Waals surface area (Å²) in [6.45, 7) is 14.7. The molecular formula is C16H32N2O. The first-order valence-electron chi connectivity index (χ1n) is 7.91. The molecule has 0 aliphatic carbocycles. The molecule has 1 rings (SSSR count). The predicted molar refractivity (Wildman–Crippen MR) is 81.1 cm³/mol. The lowest BCUT2D eigenvalue weighted by atomic mass is 9.75. The fourth-order valence-electron chi connectivity index (χ4n) is 3.08. The highest BCUT2D eigenvalue weighted by Crippen LogP contribution is 2.35. The summed E-state index contributed by atoms with van der Waals surface area (Å²) in [6, 6.07) is 0. The Hall–Kier alpha value is -0.570. The molecule has 0 saturated carbocycles. The Morgan fingerprint density at radius 2 is 1.58 bits per heavy atom. The molecule has 0 bridgehead atoms. The summed E-state index contributed by atoms with van der Waals surface area (Å²) in [5.74, 6) is 1.48. The highest BCUT2D eigenvalue weighted by Gasteiger charge is 2.40. The van der Waals surface area contributed by atoms with E-state index in [-0.39, 0.29) is 5.41 Å². The van der Waals surface area contributed by atoms with Crippen molar-refractivity contribution in [3.8, 4) is 0 Å². The van der Waals surface area contributed by atoms with E-state index in [1.54, 1.807) is 0 Å². The minimum absolute atomic E-state index is 0.102. The summed E-state index contributed by atoms with van der Waals surface area (Å²) in [6.07, 6.45) is 2.96. The van der Waals surface area contributed by atoms with E-state index < -0.39 is 0 Å². The van der Waals surface area contributed by atoms with Crippen molar-refractivity contribution < 1.29 is 4.79 Å². The first kappa shape index (κ1) is 16.5. The number of carbonyl (C=O) groups is 1. The van der Waals surface area contributed by atoms with Crippen molar-refractivity contribution >= 4 is 5.91 Å². The van der Waals surface area contributed by atoms with Gasteiger partial charge in [-0.3, -0.25) is 4.79 Å². The van der Waals surface area contributed by atoms with Crippen LogP contribution < -0.4 is 5.32 Å². The molecule has 1 amide bonds. The van der Waals surface area contributed by atoms with Crippen molar-refractivity contribution in [1.82, 2.24) is 10.2 Å². The lowest BCUT2D eigenvalue weighted by Crippen LogP contribution is -2.50. The molecule has 0 aromatic rings. The van der Waals surface area contributed by atoms with Crippen LogP contribution in [0.3, 0.4) is 0 Å². The molecule has 1 N–H and O–H groups in total. The van der Waals surface area contributed by atoms with Crippen LogP contribution in [-0.2, 0) is 4.79 Å². The molecule has 1 aliphatic heterocycles. The van der Waals surface area contributed by atoms with Gasteiger partial charge in [0.05, 0.1) is 5.41 Å². The molecule has 0 aromatic heterocycles. The smallest absolute Gasteiger partial charge is 0.228 e. The number of hydrogen-bond acceptors (Lipinski definition) is 2. The molecule has 0 aromatic carbocycles. The van der Waals surface area contributed by atoms with Crippen LogP contribution >= 0.6 is 0 Å². The number of hydrogen-bond donors (Lipinski definition) is 1. The quantitative estimate of drug-likeness (QED) is 0.803. The highest BCUT2D eigenvalue weighted by molar-refractivity contribution is 5.83. The number of piperidine rings is 1. The second-order valence-electron chi connectivity index (χ2n) is 6.88. The number of nitrogens with one attached hydrogen (secondary N) is 1. The zero-order valence-corrected chi connectivity index (χ0v) is 13.5. The van der Waals surface area contributed by atoms with Crippen LogP contribution in [-0.4, -0.2) is 37.0 Å². The van der Waals surface area contributed by atoms with Crippen LogP contribution in [0.4, 0.5) is 0 Å². The van der Waals surface area contributed by atoms with E-state index in [2.05, 4.69) is 44.8 Å². The minimum Gasteiger partial charge on any atom is -0.342 e. The van der Waals surface area contributed by atoms with Gasteiger partial charge in [0, 0.05) is 13.1 Å². The largest absolute Gasteiger partial charge is 0.342 e. The summed E-state index contributed by atoms with van der Waals surface area (Å²) in [5.41, 5.74) is -0.102. The first-order chi connectivity index (χ1) is 8.91. The van der Waals surface area contributed by atoms with E-state index in [9.17, 15) is 4.79 Å².